The zero-order valence-corrected chi connectivity index (χ0v) is 9.96. The van der Waals surface area contributed by atoms with Gasteiger partial charge in [-0.3, -0.25) is 4.79 Å². The van der Waals surface area contributed by atoms with E-state index in [1.165, 1.54) is 4.90 Å². The lowest BCUT2D eigenvalue weighted by molar-refractivity contribution is -0.187. The molecule has 1 rings (SSSR count). The lowest BCUT2D eigenvalue weighted by Crippen LogP contribution is -2.40. The maximum atomic E-state index is 12.6. The summed E-state index contributed by atoms with van der Waals surface area (Å²) in [6.07, 6.45) is -3.08. The Labute approximate surface area is 99.1 Å². The Morgan fingerprint density at radius 3 is 2.59 bits per heavy atom. The van der Waals surface area contributed by atoms with Crippen LogP contribution in [0.15, 0.2) is 0 Å². The molecule has 0 aromatic heterocycles. The number of carbonyl (C=O) groups is 1. The van der Waals surface area contributed by atoms with Crippen molar-refractivity contribution < 1.29 is 18.0 Å². The molecule has 0 heterocycles. The monoisotopic (exact) mass is 252 g/mol. The maximum absolute atomic E-state index is 12.6. The SMILES string of the molecule is CN(CCN)C(=O)C1CCCC(C(F)(F)F)C1. The summed E-state index contributed by atoms with van der Waals surface area (Å²) in [5.74, 6) is -2.02. The van der Waals surface area contributed by atoms with Gasteiger partial charge in [0.2, 0.25) is 5.91 Å². The lowest BCUT2D eigenvalue weighted by Gasteiger charge is -2.32. The van der Waals surface area contributed by atoms with Gasteiger partial charge in [0.25, 0.3) is 0 Å². The first-order chi connectivity index (χ1) is 7.86. The predicted molar refractivity (Wildman–Crippen MR) is 58.2 cm³/mol. The molecule has 1 aliphatic rings. The van der Waals surface area contributed by atoms with Crippen LogP contribution in [-0.2, 0) is 4.79 Å². The summed E-state index contributed by atoms with van der Waals surface area (Å²) in [5.41, 5.74) is 5.32. The van der Waals surface area contributed by atoms with Gasteiger partial charge in [-0.1, -0.05) is 6.42 Å². The number of carbonyl (C=O) groups excluding carboxylic acids is 1. The highest BCUT2D eigenvalue weighted by Gasteiger charge is 2.43. The summed E-state index contributed by atoms with van der Waals surface area (Å²) in [4.78, 5) is 13.3. The first kappa shape index (κ1) is 14.3. The molecule has 0 radical (unpaired) electrons. The third kappa shape index (κ3) is 3.87. The standard InChI is InChI=1S/C11H19F3N2O/c1-16(6-5-15)10(17)8-3-2-4-9(7-8)11(12,13)14/h8-9H,2-7,15H2,1H3. The molecule has 2 unspecified atom stereocenters. The third-order valence-electron chi connectivity index (χ3n) is 3.33. The smallest absolute Gasteiger partial charge is 0.344 e. The van der Waals surface area contributed by atoms with Gasteiger partial charge in [0, 0.05) is 26.1 Å². The minimum atomic E-state index is -4.18. The van der Waals surface area contributed by atoms with Crippen molar-refractivity contribution >= 4 is 5.91 Å². The maximum Gasteiger partial charge on any atom is 0.391 e. The molecule has 100 valence electrons. The molecule has 0 bridgehead atoms. The fraction of sp³-hybridized carbons (Fsp3) is 0.909. The van der Waals surface area contributed by atoms with E-state index in [2.05, 4.69) is 0 Å². The largest absolute Gasteiger partial charge is 0.391 e. The van der Waals surface area contributed by atoms with Crippen molar-refractivity contribution in [3.8, 4) is 0 Å². The second kappa shape index (κ2) is 5.71. The fourth-order valence-electron chi connectivity index (χ4n) is 2.33. The Morgan fingerprint density at radius 2 is 2.06 bits per heavy atom. The van der Waals surface area contributed by atoms with Gasteiger partial charge in [0.1, 0.15) is 0 Å². The minimum Gasteiger partial charge on any atom is -0.344 e. The molecule has 2 atom stereocenters. The van der Waals surface area contributed by atoms with Crippen LogP contribution in [0.1, 0.15) is 25.7 Å². The van der Waals surface area contributed by atoms with Gasteiger partial charge in [-0.15, -0.1) is 0 Å². The van der Waals surface area contributed by atoms with Crippen LogP contribution in [0.4, 0.5) is 13.2 Å². The van der Waals surface area contributed by atoms with Gasteiger partial charge < -0.3 is 10.6 Å². The number of rotatable bonds is 3. The van der Waals surface area contributed by atoms with Crippen LogP contribution in [0.5, 0.6) is 0 Å². The molecule has 0 aliphatic heterocycles. The van der Waals surface area contributed by atoms with E-state index in [0.717, 1.165) is 0 Å². The molecule has 6 heteroatoms. The highest BCUT2D eigenvalue weighted by Crippen LogP contribution is 2.40. The van der Waals surface area contributed by atoms with E-state index in [0.29, 0.717) is 25.9 Å². The van der Waals surface area contributed by atoms with E-state index in [1.54, 1.807) is 7.05 Å². The van der Waals surface area contributed by atoms with Gasteiger partial charge >= 0.3 is 6.18 Å². The molecular weight excluding hydrogens is 233 g/mol. The van der Waals surface area contributed by atoms with Crippen LogP contribution in [0.25, 0.3) is 0 Å². The molecule has 1 fully saturated rings. The summed E-state index contributed by atoms with van der Waals surface area (Å²) in [6.45, 7) is 0.726. The average molecular weight is 252 g/mol. The van der Waals surface area contributed by atoms with Gasteiger partial charge in [0.15, 0.2) is 0 Å². The summed E-state index contributed by atoms with van der Waals surface area (Å²) >= 11 is 0. The van der Waals surface area contributed by atoms with Crippen molar-refractivity contribution in [3.05, 3.63) is 0 Å². The third-order valence-corrected chi connectivity index (χ3v) is 3.33. The van der Waals surface area contributed by atoms with Crippen molar-refractivity contribution in [3.63, 3.8) is 0 Å². The first-order valence-electron chi connectivity index (χ1n) is 5.88. The Bertz CT molecular complexity index is 268. The summed E-state index contributed by atoms with van der Waals surface area (Å²) in [7, 11) is 1.59. The molecular formula is C11H19F3N2O. The molecule has 1 amide bonds. The van der Waals surface area contributed by atoms with Crippen molar-refractivity contribution in [2.45, 2.75) is 31.9 Å². The van der Waals surface area contributed by atoms with Crippen LogP contribution < -0.4 is 5.73 Å². The number of halogens is 3. The van der Waals surface area contributed by atoms with Gasteiger partial charge in [-0.2, -0.15) is 13.2 Å². The highest BCUT2D eigenvalue weighted by molar-refractivity contribution is 5.78. The van der Waals surface area contributed by atoms with E-state index in [1.807, 2.05) is 0 Å². The Balaban J connectivity index is 2.57. The van der Waals surface area contributed by atoms with Crippen LogP contribution in [0.3, 0.4) is 0 Å². The molecule has 0 aromatic rings. The summed E-state index contributed by atoms with van der Waals surface area (Å²) < 4.78 is 37.7. The normalized spacial score (nSPS) is 25.7. The van der Waals surface area contributed by atoms with Gasteiger partial charge in [0.05, 0.1) is 5.92 Å². The van der Waals surface area contributed by atoms with Crippen molar-refractivity contribution in [1.29, 1.82) is 0 Å². The van der Waals surface area contributed by atoms with Crippen LogP contribution in [-0.4, -0.2) is 37.1 Å². The zero-order chi connectivity index (χ0) is 13.1. The van der Waals surface area contributed by atoms with Crippen molar-refractivity contribution in [2.24, 2.45) is 17.6 Å². The number of hydrogen-bond donors (Lipinski definition) is 1. The number of hydrogen-bond acceptors (Lipinski definition) is 2. The molecule has 1 saturated carbocycles. The number of likely N-dealkylation sites (N-methyl/N-ethyl adjacent to an activating group) is 1. The topological polar surface area (TPSA) is 46.3 Å². The van der Waals surface area contributed by atoms with Crippen LogP contribution in [0, 0.1) is 11.8 Å². The minimum absolute atomic E-state index is 0.0722. The lowest BCUT2D eigenvalue weighted by atomic mass is 9.80. The quantitative estimate of drug-likeness (QED) is 0.832. The Morgan fingerprint density at radius 1 is 1.41 bits per heavy atom. The molecule has 3 nitrogen and oxygen atoms in total. The fourth-order valence-corrected chi connectivity index (χ4v) is 2.33. The van der Waals surface area contributed by atoms with Crippen LogP contribution in [0.2, 0.25) is 0 Å². The number of alkyl halides is 3. The number of nitrogens with two attached hydrogens (primary N) is 1. The van der Waals surface area contributed by atoms with E-state index in [9.17, 15) is 18.0 Å². The number of amides is 1. The molecule has 0 aromatic carbocycles. The Kier molecular flexibility index (Phi) is 4.80. The number of nitrogens with zero attached hydrogens (tertiary/aromatic N) is 1. The molecule has 2 N–H and O–H groups in total. The van der Waals surface area contributed by atoms with E-state index in [4.69, 9.17) is 5.73 Å². The molecule has 1 aliphatic carbocycles. The van der Waals surface area contributed by atoms with E-state index in [-0.39, 0.29) is 18.7 Å². The van der Waals surface area contributed by atoms with Gasteiger partial charge in [-0.05, 0) is 19.3 Å². The second-order valence-corrected chi connectivity index (χ2v) is 4.65. The molecule has 17 heavy (non-hydrogen) atoms. The first-order valence-corrected chi connectivity index (χ1v) is 5.88. The van der Waals surface area contributed by atoms with E-state index < -0.39 is 18.0 Å². The predicted octanol–water partition coefficient (Wildman–Crippen LogP) is 1.77. The summed E-state index contributed by atoms with van der Waals surface area (Å²) in [6, 6.07) is 0. The summed E-state index contributed by atoms with van der Waals surface area (Å²) in [5, 5.41) is 0. The molecule has 0 saturated heterocycles. The average Bonchev–Trinajstić information content (AvgIpc) is 2.27. The Hall–Kier alpha value is -0.780. The van der Waals surface area contributed by atoms with Crippen LogP contribution >= 0.6 is 0 Å². The second-order valence-electron chi connectivity index (χ2n) is 4.65. The van der Waals surface area contributed by atoms with Gasteiger partial charge in [-0.25, -0.2) is 0 Å². The highest BCUT2D eigenvalue weighted by atomic mass is 19.4. The van der Waals surface area contributed by atoms with E-state index >= 15 is 0 Å². The molecule has 0 spiro atoms. The van der Waals surface area contributed by atoms with Crippen molar-refractivity contribution in [1.82, 2.24) is 4.90 Å². The zero-order valence-electron chi connectivity index (χ0n) is 9.96. The van der Waals surface area contributed by atoms with Crippen molar-refractivity contribution in [2.75, 3.05) is 20.1 Å².